The van der Waals surface area contributed by atoms with E-state index in [4.69, 9.17) is 9.84 Å². The van der Waals surface area contributed by atoms with Gasteiger partial charge in [0, 0.05) is 6.20 Å². The standard InChI is InChI=1S/C16H22N2O3/c1-5-12-14(21-9-8-19)15(20)18-10-11(16(2,3)4)6-7-13(18)17-12/h6-7,10,19H,5,8-9H2,1-4H3. The summed E-state index contributed by atoms with van der Waals surface area (Å²) in [6, 6.07) is 3.85. The number of aliphatic hydroxyl groups is 1. The predicted octanol–water partition coefficient (Wildman–Crippen LogP) is 1.93. The molecule has 114 valence electrons. The first kappa shape index (κ1) is 15.5. The molecule has 0 atom stereocenters. The van der Waals surface area contributed by atoms with Gasteiger partial charge in [-0.2, -0.15) is 0 Å². The Kier molecular flexibility index (Phi) is 4.32. The summed E-state index contributed by atoms with van der Waals surface area (Å²) in [4.78, 5) is 17.1. The topological polar surface area (TPSA) is 63.8 Å². The second-order valence-corrected chi connectivity index (χ2v) is 6.01. The molecule has 0 aliphatic carbocycles. The largest absolute Gasteiger partial charge is 0.484 e. The van der Waals surface area contributed by atoms with Gasteiger partial charge in [-0.1, -0.05) is 33.8 Å². The van der Waals surface area contributed by atoms with E-state index in [2.05, 4.69) is 25.8 Å². The van der Waals surface area contributed by atoms with Gasteiger partial charge < -0.3 is 9.84 Å². The number of hydrogen-bond acceptors (Lipinski definition) is 4. The van der Waals surface area contributed by atoms with E-state index >= 15 is 0 Å². The number of nitrogens with zero attached hydrogens (tertiary/aromatic N) is 2. The molecule has 0 aliphatic rings. The zero-order chi connectivity index (χ0) is 15.6. The van der Waals surface area contributed by atoms with Crippen LogP contribution in [0, 0.1) is 0 Å². The molecule has 2 aromatic rings. The van der Waals surface area contributed by atoms with Crippen molar-refractivity contribution in [3.05, 3.63) is 39.9 Å². The van der Waals surface area contributed by atoms with Crippen LogP contribution in [0.4, 0.5) is 0 Å². The molecule has 0 unspecified atom stereocenters. The minimum Gasteiger partial charge on any atom is -0.484 e. The molecule has 5 nitrogen and oxygen atoms in total. The molecule has 0 saturated heterocycles. The van der Waals surface area contributed by atoms with E-state index in [-0.39, 0.29) is 29.9 Å². The molecule has 1 N–H and O–H groups in total. The predicted molar refractivity (Wildman–Crippen MR) is 82.1 cm³/mol. The fourth-order valence-corrected chi connectivity index (χ4v) is 2.14. The number of aryl methyl sites for hydroxylation is 1. The number of rotatable bonds is 4. The fraction of sp³-hybridized carbons (Fsp3) is 0.500. The van der Waals surface area contributed by atoms with Crippen LogP contribution >= 0.6 is 0 Å². The van der Waals surface area contributed by atoms with E-state index in [0.717, 1.165) is 5.56 Å². The first-order valence-electron chi connectivity index (χ1n) is 7.18. The van der Waals surface area contributed by atoms with E-state index in [1.807, 2.05) is 25.3 Å². The Morgan fingerprint density at radius 1 is 1.33 bits per heavy atom. The Morgan fingerprint density at radius 2 is 2.05 bits per heavy atom. The highest BCUT2D eigenvalue weighted by Gasteiger charge is 2.17. The smallest absolute Gasteiger partial charge is 0.300 e. The minimum absolute atomic E-state index is 0.0524. The van der Waals surface area contributed by atoms with Gasteiger partial charge >= 0.3 is 5.56 Å². The molecule has 0 saturated carbocycles. The lowest BCUT2D eigenvalue weighted by Gasteiger charge is -2.19. The van der Waals surface area contributed by atoms with E-state index in [9.17, 15) is 4.79 Å². The maximum atomic E-state index is 12.6. The van der Waals surface area contributed by atoms with Crippen molar-refractivity contribution < 1.29 is 9.84 Å². The molecule has 2 rings (SSSR count). The van der Waals surface area contributed by atoms with Crippen LogP contribution in [-0.2, 0) is 11.8 Å². The average Bonchev–Trinajstić information content (AvgIpc) is 2.44. The molecule has 0 aliphatic heterocycles. The Bertz CT molecular complexity index is 699. The normalized spacial score (nSPS) is 11.9. The second-order valence-electron chi connectivity index (χ2n) is 6.01. The van der Waals surface area contributed by atoms with Gasteiger partial charge in [-0.15, -0.1) is 0 Å². The summed E-state index contributed by atoms with van der Waals surface area (Å²) in [5.74, 6) is 0.232. The average molecular weight is 290 g/mol. The van der Waals surface area contributed by atoms with Crippen LogP contribution < -0.4 is 10.3 Å². The molecular weight excluding hydrogens is 268 g/mol. The quantitative estimate of drug-likeness (QED) is 0.934. The molecule has 0 bridgehead atoms. The highest BCUT2D eigenvalue weighted by molar-refractivity contribution is 5.45. The number of fused-ring (bicyclic) bond motifs is 1. The van der Waals surface area contributed by atoms with E-state index < -0.39 is 0 Å². The number of pyridine rings is 1. The lowest BCUT2D eigenvalue weighted by Crippen LogP contribution is -2.23. The molecule has 2 heterocycles. The lowest BCUT2D eigenvalue weighted by molar-refractivity contribution is 0.198. The van der Waals surface area contributed by atoms with Crippen LogP contribution in [-0.4, -0.2) is 27.7 Å². The first-order chi connectivity index (χ1) is 9.88. The van der Waals surface area contributed by atoms with Gasteiger partial charge in [-0.25, -0.2) is 4.98 Å². The van der Waals surface area contributed by atoms with E-state index in [1.165, 1.54) is 4.40 Å². The Hall–Kier alpha value is -1.88. The van der Waals surface area contributed by atoms with Crippen molar-refractivity contribution in [2.45, 2.75) is 39.5 Å². The van der Waals surface area contributed by atoms with Crippen molar-refractivity contribution in [3.8, 4) is 5.75 Å². The summed E-state index contributed by atoms with van der Waals surface area (Å²) in [6.45, 7) is 8.17. The summed E-state index contributed by atoms with van der Waals surface area (Å²) < 4.78 is 6.92. The van der Waals surface area contributed by atoms with Crippen molar-refractivity contribution >= 4 is 5.65 Å². The van der Waals surface area contributed by atoms with Gasteiger partial charge in [0.2, 0.25) is 5.75 Å². The van der Waals surface area contributed by atoms with Gasteiger partial charge in [0.15, 0.2) is 0 Å². The molecule has 21 heavy (non-hydrogen) atoms. The highest BCUT2D eigenvalue weighted by atomic mass is 16.5. The Balaban J connectivity index is 2.67. The zero-order valence-electron chi connectivity index (χ0n) is 13.0. The maximum Gasteiger partial charge on any atom is 0.300 e. The van der Waals surface area contributed by atoms with Gasteiger partial charge in [0.25, 0.3) is 0 Å². The molecule has 0 radical (unpaired) electrons. The fourth-order valence-electron chi connectivity index (χ4n) is 2.14. The zero-order valence-corrected chi connectivity index (χ0v) is 13.0. The SMILES string of the molecule is CCc1nc2ccc(C(C)(C)C)cn2c(=O)c1OCCO. The number of aromatic nitrogens is 2. The van der Waals surface area contributed by atoms with Gasteiger partial charge in [-0.3, -0.25) is 9.20 Å². The lowest BCUT2D eigenvalue weighted by atomic mass is 9.88. The Labute approximate surface area is 124 Å². The second kappa shape index (κ2) is 5.85. The van der Waals surface area contributed by atoms with Gasteiger partial charge in [0.1, 0.15) is 12.3 Å². The highest BCUT2D eigenvalue weighted by Crippen LogP contribution is 2.22. The molecule has 2 aromatic heterocycles. The summed E-state index contributed by atoms with van der Waals surface area (Å²) in [7, 11) is 0. The summed E-state index contributed by atoms with van der Waals surface area (Å²) in [6.07, 6.45) is 2.42. The molecule has 5 heteroatoms. The number of aliphatic hydroxyl groups excluding tert-OH is 1. The minimum atomic E-state index is -0.226. The van der Waals surface area contributed by atoms with E-state index in [0.29, 0.717) is 17.8 Å². The van der Waals surface area contributed by atoms with Crippen LogP contribution in [0.1, 0.15) is 39.0 Å². The van der Waals surface area contributed by atoms with Crippen molar-refractivity contribution in [1.82, 2.24) is 9.38 Å². The van der Waals surface area contributed by atoms with Crippen LogP contribution in [0.3, 0.4) is 0 Å². The van der Waals surface area contributed by atoms with E-state index in [1.54, 1.807) is 0 Å². The third-order valence-electron chi connectivity index (χ3n) is 3.39. The van der Waals surface area contributed by atoms with Crippen molar-refractivity contribution in [2.24, 2.45) is 0 Å². The molecular formula is C16H22N2O3. The van der Waals surface area contributed by atoms with Crippen molar-refractivity contribution in [2.75, 3.05) is 13.2 Å². The maximum absolute atomic E-state index is 12.6. The van der Waals surface area contributed by atoms with Crippen LogP contribution in [0.25, 0.3) is 5.65 Å². The van der Waals surface area contributed by atoms with Crippen LogP contribution in [0.5, 0.6) is 5.75 Å². The first-order valence-corrected chi connectivity index (χ1v) is 7.18. The van der Waals surface area contributed by atoms with Gasteiger partial charge in [0.05, 0.1) is 12.3 Å². The molecule has 0 amide bonds. The van der Waals surface area contributed by atoms with Crippen molar-refractivity contribution in [3.63, 3.8) is 0 Å². The number of ether oxygens (including phenoxy) is 1. The third-order valence-corrected chi connectivity index (χ3v) is 3.39. The summed E-state index contributed by atoms with van der Waals surface area (Å²) >= 11 is 0. The summed E-state index contributed by atoms with van der Waals surface area (Å²) in [5.41, 5.74) is 2.01. The van der Waals surface area contributed by atoms with Crippen LogP contribution in [0.15, 0.2) is 23.1 Å². The van der Waals surface area contributed by atoms with Crippen molar-refractivity contribution in [1.29, 1.82) is 0 Å². The monoisotopic (exact) mass is 290 g/mol. The molecule has 0 spiro atoms. The number of hydrogen-bond donors (Lipinski definition) is 1. The van der Waals surface area contributed by atoms with Crippen LogP contribution in [0.2, 0.25) is 0 Å². The summed E-state index contributed by atoms with van der Waals surface area (Å²) in [5, 5.41) is 8.89. The Morgan fingerprint density at radius 3 is 2.62 bits per heavy atom. The third kappa shape index (κ3) is 3.08. The molecule has 0 fully saturated rings. The van der Waals surface area contributed by atoms with Gasteiger partial charge in [-0.05, 0) is 23.5 Å². The molecule has 0 aromatic carbocycles.